The lowest BCUT2D eigenvalue weighted by Crippen LogP contribution is -2.44. The minimum Gasteiger partial charge on any atom is -0.480 e. The van der Waals surface area contributed by atoms with Crippen molar-refractivity contribution in [1.29, 1.82) is 0 Å². The van der Waals surface area contributed by atoms with E-state index >= 15 is 0 Å². The van der Waals surface area contributed by atoms with E-state index in [1.165, 1.54) is 12.1 Å². The van der Waals surface area contributed by atoms with Crippen LogP contribution in [0.15, 0.2) is 27.7 Å². The standard InChI is InChI=1S/C14H14BrFN2O5S/c1-14(13(20)21,24(2,22)23)5-6-18-7-17-11-8(12(18)19)3-4-9(15)10(11)16/h3-4,7H,5-6H2,1-2H3,(H,20,21). The van der Waals surface area contributed by atoms with E-state index in [0.717, 1.165) is 24.1 Å². The average Bonchev–Trinajstić information content (AvgIpc) is 2.48. The van der Waals surface area contributed by atoms with Gasteiger partial charge in [0.15, 0.2) is 20.4 Å². The molecule has 1 heterocycles. The number of hydrogen-bond donors (Lipinski definition) is 1. The Labute approximate surface area is 145 Å². The highest BCUT2D eigenvalue weighted by molar-refractivity contribution is 9.10. The molecule has 2 aromatic rings. The number of carbonyl (C=O) groups is 1. The summed E-state index contributed by atoms with van der Waals surface area (Å²) < 4.78 is 36.6. The Morgan fingerprint density at radius 1 is 1.46 bits per heavy atom. The molecule has 0 spiro atoms. The van der Waals surface area contributed by atoms with E-state index in [-0.39, 0.29) is 28.3 Å². The van der Waals surface area contributed by atoms with Crippen LogP contribution in [0, 0.1) is 5.82 Å². The van der Waals surface area contributed by atoms with Crippen molar-refractivity contribution in [1.82, 2.24) is 9.55 Å². The molecule has 130 valence electrons. The molecule has 1 aromatic heterocycles. The van der Waals surface area contributed by atoms with Gasteiger partial charge in [0.25, 0.3) is 5.56 Å². The molecule has 10 heteroatoms. The number of aliphatic carboxylic acids is 1. The summed E-state index contributed by atoms with van der Waals surface area (Å²) in [4.78, 5) is 27.6. The molecule has 7 nitrogen and oxygen atoms in total. The van der Waals surface area contributed by atoms with Gasteiger partial charge in [-0.3, -0.25) is 14.2 Å². The maximum Gasteiger partial charge on any atom is 0.324 e. The first kappa shape index (κ1) is 18.5. The number of aryl methyl sites for hydroxylation is 1. The molecule has 1 atom stereocenters. The van der Waals surface area contributed by atoms with Crippen LogP contribution in [0.5, 0.6) is 0 Å². The molecule has 0 saturated carbocycles. The van der Waals surface area contributed by atoms with Crippen molar-refractivity contribution >= 4 is 42.6 Å². The number of rotatable bonds is 5. The molecule has 0 aliphatic rings. The highest BCUT2D eigenvalue weighted by Gasteiger charge is 2.43. The Kier molecular flexibility index (Phi) is 4.82. The average molecular weight is 421 g/mol. The Morgan fingerprint density at radius 3 is 2.62 bits per heavy atom. The van der Waals surface area contributed by atoms with E-state index in [4.69, 9.17) is 0 Å². The van der Waals surface area contributed by atoms with Gasteiger partial charge in [-0.15, -0.1) is 0 Å². The van der Waals surface area contributed by atoms with Crippen molar-refractivity contribution < 1.29 is 22.7 Å². The van der Waals surface area contributed by atoms with Crippen LogP contribution in [0.3, 0.4) is 0 Å². The molecule has 2 rings (SSSR count). The third-order valence-corrected chi connectivity index (χ3v) is 6.62. The zero-order valence-electron chi connectivity index (χ0n) is 12.8. The lowest BCUT2D eigenvalue weighted by atomic mass is 10.1. The summed E-state index contributed by atoms with van der Waals surface area (Å²) in [5.74, 6) is -2.18. The third kappa shape index (κ3) is 3.07. The first-order valence-electron chi connectivity index (χ1n) is 6.75. The summed E-state index contributed by atoms with van der Waals surface area (Å²) >= 11 is 3.00. The summed E-state index contributed by atoms with van der Waals surface area (Å²) in [6, 6.07) is 2.75. The fourth-order valence-corrected chi connectivity index (χ4v) is 3.22. The minimum atomic E-state index is -3.90. The Bertz CT molecular complexity index is 989. The first-order chi connectivity index (χ1) is 11.0. The molecule has 1 aromatic carbocycles. The number of benzene rings is 1. The highest BCUT2D eigenvalue weighted by Crippen LogP contribution is 2.23. The van der Waals surface area contributed by atoms with Gasteiger partial charge in [-0.25, -0.2) is 17.8 Å². The summed E-state index contributed by atoms with van der Waals surface area (Å²) in [5, 5.41) is 9.24. The van der Waals surface area contributed by atoms with Crippen molar-refractivity contribution in [2.45, 2.75) is 24.6 Å². The van der Waals surface area contributed by atoms with E-state index in [0.29, 0.717) is 0 Å². The molecule has 0 saturated heterocycles. The van der Waals surface area contributed by atoms with Crippen molar-refractivity contribution in [2.24, 2.45) is 0 Å². The van der Waals surface area contributed by atoms with Crippen molar-refractivity contribution in [3.05, 3.63) is 39.1 Å². The normalized spacial score (nSPS) is 14.5. The molecule has 0 fully saturated rings. The number of fused-ring (bicyclic) bond motifs is 1. The highest BCUT2D eigenvalue weighted by atomic mass is 79.9. The van der Waals surface area contributed by atoms with Gasteiger partial charge in [-0.05, 0) is 41.4 Å². The SMILES string of the molecule is CC(CCn1cnc2c(F)c(Br)ccc2c1=O)(C(=O)O)S(C)(=O)=O. The topological polar surface area (TPSA) is 106 Å². The van der Waals surface area contributed by atoms with E-state index in [1.807, 2.05) is 0 Å². The minimum absolute atomic E-state index is 0.0228. The zero-order valence-corrected chi connectivity index (χ0v) is 15.2. The van der Waals surface area contributed by atoms with Gasteiger partial charge in [0.2, 0.25) is 0 Å². The maximum atomic E-state index is 13.9. The molecule has 0 radical (unpaired) electrons. The van der Waals surface area contributed by atoms with Crippen LogP contribution < -0.4 is 5.56 Å². The lowest BCUT2D eigenvalue weighted by Gasteiger charge is -2.22. The summed E-state index contributed by atoms with van der Waals surface area (Å²) in [7, 11) is -3.90. The summed E-state index contributed by atoms with van der Waals surface area (Å²) in [5.41, 5.74) is -0.692. The number of aromatic nitrogens is 2. The largest absolute Gasteiger partial charge is 0.480 e. The molecule has 24 heavy (non-hydrogen) atoms. The van der Waals surface area contributed by atoms with Gasteiger partial charge >= 0.3 is 5.97 Å². The lowest BCUT2D eigenvalue weighted by molar-refractivity contribution is -0.139. The summed E-state index contributed by atoms with van der Waals surface area (Å²) in [6.45, 7) is 0.899. The van der Waals surface area contributed by atoms with Crippen LogP contribution in [0.4, 0.5) is 4.39 Å². The molecule has 0 bridgehead atoms. The van der Waals surface area contributed by atoms with Gasteiger partial charge in [0.05, 0.1) is 16.2 Å². The zero-order chi connectivity index (χ0) is 18.3. The molecule has 1 unspecified atom stereocenters. The number of nitrogens with zero attached hydrogens (tertiary/aromatic N) is 2. The predicted molar refractivity (Wildman–Crippen MR) is 89.2 cm³/mol. The number of carboxylic acids is 1. The van der Waals surface area contributed by atoms with E-state index < -0.39 is 31.9 Å². The van der Waals surface area contributed by atoms with Crippen molar-refractivity contribution in [3.8, 4) is 0 Å². The summed E-state index contributed by atoms with van der Waals surface area (Å²) in [6.07, 6.45) is 1.58. The third-order valence-electron chi connectivity index (χ3n) is 3.99. The van der Waals surface area contributed by atoms with E-state index in [1.54, 1.807) is 0 Å². The smallest absolute Gasteiger partial charge is 0.324 e. The Hall–Kier alpha value is -1.81. The van der Waals surface area contributed by atoms with Crippen molar-refractivity contribution in [3.63, 3.8) is 0 Å². The van der Waals surface area contributed by atoms with Gasteiger partial charge in [-0.2, -0.15) is 0 Å². The van der Waals surface area contributed by atoms with Gasteiger partial charge in [0, 0.05) is 12.8 Å². The fourth-order valence-electron chi connectivity index (χ4n) is 2.12. The van der Waals surface area contributed by atoms with Crippen LogP contribution in [-0.4, -0.2) is 40.0 Å². The molecule has 0 aliphatic carbocycles. The van der Waals surface area contributed by atoms with Crippen LogP contribution in [0.2, 0.25) is 0 Å². The van der Waals surface area contributed by atoms with Crippen LogP contribution in [-0.2, 0) is 21.2 Å². The van der Waals surface area contributed by atoms with Gasteiger partial charge in [-0.1, -0.05) is 0 Å². The fraction of sp³-hybridized carbons (Fsp3) is 0.357. The second-order valence-electron chi connectivity index (χ2n) is 5.56. The monoisotopic (exact) mass is 420 g/mol. The molecule has 0 aliphatic heterocycles. The second-order valence-corrected chi connectivity index (χ2v) is 8.86. The van der Waals surface area contributed by atoms with E-state index in [9.17, 15) is 27.5 Å². The first-order valence-corrected chi connectivity index (χ1v) is 9.43. The molecular weight excluding hydrogens is 407 g/mol. The maximum absolute atomic E-state index is 13.9. The van der Waals surface area contributed by atoms with Crippen molar-refractivity contribution in [2.75, 3.05) is 6.26 Å². The van der Waals surface area contributed by atoms with E-state index in [2.05, 4.69) is 20.9 Å². The predicted octanol–water partition coefficient (Wildman–Crippen LogP) is 1.58. The number of sulfone groups is 1. The van der Waals surface area contributed by atoms with Crippen LogP contribution in [0.25, 0.3) is 10.9 Å². The van der Waals surface area contributed by atoms with Gasteiger partial charge < -0.3 is 5.11 Å². The quantitative estimate of drug-likeness (QED) is 0.786. The van der Waals surface area contributed by atoms with Crippen LogP contribution in [0.1, 0.15) is 13.3 Å². The Morgan fingerprint density at radius 2 is 2.08 bits per heavy atom. The number of halogens is 2. The van der Waals surface area contributed by atoms with Gasteiger partial charge in [0.1, 0.15) is 5.52 Å². The molecular formula is C14H14BrFN2O5S. The molecule has 0 amide bonds. The van der Waals surface area contributed by atoms with Crippen LogP contribution >= 0.6 is 15.9 Å². The number of carboxylic acid groups (broad SMARTS) is 1. The molecule has 1 N–H and O–H groups in total. The Balaban J connectivity index is 2.45. The second kappa shape index (κ2) is 6.25. The number of hydrogen-bond acceptors (Lipinski definition) is 5.